The lowest BCUT2D eigenvalue weighted by molar-refractivity contribution is -0.123. The first-order chi connectivity index (χ1) is 12.6. The van der Waals surface area contributed by atoms with Crippen LogP contribution >= 0.6 is 24.2 Å². The van der Waals surface area contributed by atoms with Crippen LogP contribution in [-0.2, 0) is 11.3 Å². The number of nitrogens with one attached hydrogen (secondary N) is 2. The summed E-state index contributed by atoms with van der Waals surface area (Å²) in [6, 6.07) is 7.38. The highest BCUT2D eigenvalue weighted by molar-refractivity contribution is 7.99. The number of hydrogen-bond donors (Lipinski definition) is 2. The average molecular weight is 420 g/mol. The van der Waals surface area contributed by atoms with Crippen LogP contribution in [0.5, 0.6) is 0 Å². The SMILES string of the molecule is Cl.O=C(NCC1CCCN(Cc2ccc(SC(F)F)cc2)C1)C1CCCN1. The molecule has 8 heteroatoms. The second-order valence-corrected chi connectivity index (χ2v) is 8.22. The van der Waals surface area contributed by atoms with Gasteiger partial charge < -0.3 is 10.6 Å². The van der Waals surface area contributed by atoms with Crippen molar-refractivity contribution in [2.24, 2.45) is 5.92 Å². The van der Waals surface area contributed by atoms with E-state index in [2.05, 4.69) is 15.5 Å². The molecule has 2 heterocycles. The Balaban J connectivity index is 0.00000261. The lowest BCUT2D eigenvalue weighted by Crippen LogP contribution is -2.45. The maximum absolute atomic E-state index is 12.4. The zero-order valence-corrected chi connectivity index (χ0v) is 17.0. The molecule has 1 amide bonds. The number of carbonyl (C=O) groups is 1. The summed E-state index contributed by atoms with van der Waals surface area (Å²) in [6.07, 6.45) is 4.27. The first-order valence-electron chi connectivity index (χ1n) is 9.37. The fraction of sp³-hybridized carbons (Fsp3) is 0.632. The first-order valence-corrected chi connectivity index (χ1v) is 10.3. The molecule has 0 bridgehead atoms. The molecule has 0 aliphatic carbocycles. The second-order valence-electron chi connectivity index (χ2n) is 7.16. The Morgan fingerprint density at radius 2 is 2.04 bits per heavy atom. The number of piperidine rings is 1. The van der Waals surface area contributed by atoms with Crippen molar-refractivity contribution >= 4 is 30.1 Å². The minimum Gasteiger partial charge on any atom is -0.354 e. The summed E-state index contributed by atoms with van der Waals surface area (Å²) in [5, 5.41) is 6.33. The van der Waals surface area contributed by atoms with Crippen LogP contribution in [-0.4, -0.2) is 48.8 Å². The standard InChI is InChI=1S/C19H27F2N3OS.ClH/c20-19(21)26-16-7-5-14(6-8-16)12-24-10-2-3-15(13-24)11-23-18(25)17-4-1-9-22-17;/h5-8,15,17,19,22H,1-4,9-13H2,(H,23,25);1H. The van der Waals surface area contributed by atoms with Crippen LogP contribution in [0.3, 0.4) is 0 Å². The third kappa shape index (κ3) is 7.22. The van der Waals surface area contributed by atoms with E-state index in [0.29, 0.717) is 22.6 Å². The van der Waals surface area contributed by atoms with E-state index in [1.54, 1.807) is 12.1 Å². The highest BCUT2D eigenvalue weighted by atomic mass is 35.5. The topological polar surface area (TPSA) is 44.4 Å². The zero-order chi connectivity index (χ0) is 18.4. The third-order valence-corrected chi connectivity index (χ3v) is 5.82. The van der Waals surface area contributed by atoms with E-state index in [1.807, 2.05) is 12.1 Å². The summed E-state index contributed by atoms with van der Waals surface area (Å²) in [5.74, 6) is -1.77. The smallest absolute Gasteiger partial charge is 0.288 e. The summed E-state index contributed by atoms with van der Waals surface area (Å²) in [6.45, 7) is 4.50. The van der Waals surface area contributed by atoms with Crippen molar-refractivity contribution in [1.29, 1.82) is 0 Å². The molecule has 2 N–H and O–H groups in total. The monoisotopic (exact) mass is 419 g/mol. The molecule has 2 fully saturated rings. The Hall–Kier alpha value is -0.890. The van der Waals surface area contributed by atoms with Gasteiger partial charge >= 0.3 is 0 Å². The van der Waals surface area contributed by atoms with Gasteiger partial charge in [-0.1, -0.05) is 23.9 Å². The molecule has 3 rings (SSSR count). The number of carbonyl (C=O) groups excluding carboxylic acids is 1. The molecule has 2 aliphatic heterocycles. The van der Waals surface area contributed by atoms with E-state index >= 15 is 0 Å². The van der Waals surface area contributed by atoms with Crippen LogP contribution in [0.25, 0.3) is 0 Å². The molecule has 2 unspecified atom stereocenters. The fourth-order valence-electron chi connectivity index (χ4n) is 3.77. The number of amides is 1. The molecule has 0 aromatic heterocycles. The van der Waals surface area contributed by atoms with Crippen molar-refractivity contribution in [3.8, 4) is 0 Å². The molecule has 0 radical (unpaired) electrons. The van der Waals surface area contributed by atoms with Crippen LogP contribution in [0.4, 0.5) is 8.78 Å². The minimum absolute atomic E-state index is 0. The van der Waals surface area contributed by atoms with E-state index in [4.69, 9.17) is 0 Å². The molecule has 2 aliphatic rings. The maximum Gasteiger partial charge on any atom is 0.288 e. The van der Waals surface area contributed by atoms with Gasteiger partial charge in [0.1, 0.15) is 0 Å². The van der Waals surface area contributed by atoms with Crippen LogP contribution in [0.2, 0.25) is 0 Å². The van der Waals surface area contributed by atoms with Crippen LogP contribution in [0.1, 0.15) is 31.2 Å². The van der Waals surface area contributed by atoms with Crippen molar-refractivity contribution in [3.63, 3.8) is 0 Å². The van der Waals surface area contributed by atoms with Crippen molar-refractivity contribution in [2.45, 2.75) is 48.9 Å². The number of halogens is 3. The Labute approximate surface area is 170 Å². The minimum atomic E-state index is -2.38. The summed E-state index contributed by atoms with van der Waals surface area (Å²) >= 11 is 0.581. The van der Waals surface area contributed by atoms with Gasteiger partial charge in [0.25, 0.3) is 5.76 Å². The maximum atomic E-state index is 12.4. The van der Waals surface area contributed by atoms with Gasteiger partial charge in [-0.3, -0.25) is 9.69 Å². The van der Waals surface area contributed by atoms with E-state index in [9.17, 15) is 13.6 Å². The lowest BCUT2D eigenvalue weighted by atomic mass is 9.97. The van der Waals surface area contributed by atoms with Crippen molar-refractivity contribution < 1.29 is 13.6 Å². The average Bonchev–Trinajstić information content (AvgIpc) is 3.16. The van der Waals surface area contributed by atoms with E-state index in [0.717, 1.165) is 64.0 Å². The third-order valence-electron chi connectivity index (χ3n) is 5.10. The van der Waals surface area contributed by atoms with E-state index in [-0.39, 0.29) is 24.4 Å². The molecular formula is C19H28ClF2N3OS. The van der Waals surface area contributed by atoms with Crippen LogP contribution in [0.15, 0.2) is 29.2 Å². The summed E-state index contributed by atoms with van der Waals surface area (Å²) in [4.78, 5) is 15.1. The number of hydrogen-bond acceptors (Lipinski definition) is 4. The number of likely N-dealkylation sites (tertiary alicyclic amines) is 1. The number of rotatable bonds is 7. The predicted molar refractivity (Wildman–Crippen MR) is 108 cm³/mol. The van der Waals surface area contributed by atoms with Gasteiger partial charge in [0, 0.05) is 24.5 Å². The molecule has 0 saturated carbocycles. The van der Waals surface area contributed by atoms with Gasteiger partial charge in [-0.15, -0.1) is 12.4 Å². The summed E-state index contributed by atoms with van der Waals surface area (Å²) in [7, 11) is 0. The molecule has 152 valence electrons. The molecule has 2 saturated heterocycles. The second kappa shape index (κ2) is 11.2. The normalized spacial score (nSPS) is 23.2. The van der Waals surface area contributed by atoms with Gasteiger partial charge in [0.05, 0.1) is 6.04 Å². The molecule has 1 aromatic carbocycles. The lowest BCUT2D eigenvalue weighted by Gasteiger charge is -2.33. The Morgan fingerprint density at radius 1 is 1.26 bits per heavy atom. The van der Waals surface area contributed by atoms with Crippen molar-refractivity contribution in [1.82, 2.24) is 15.5 Å². The molecule has 2 atom stereocenters. The molecular weight excluding hydrogens is 392 g/mol. The Morgan fingerprint density at radius 3 is 2.70 bits per heavy atom. The number of alkyl halides is 2. The fourth-order valence-corrected chi connectivity index (χ4v) is 4.27. The zero-order valence-electron chi connectivity index (χ0n) is 15.3. The summed E-state index contributed by atoms with van der Waals surface area (Å²) in [5.41, 5.74) is 1.14. The summed E-state index contributed by atoms with van der Waals surface area (Å²) < 4.78 is 24.8. The van der Waals surface area contributed by atoms with Gasteiger partial charge in [0.2, 0.25) is 5.91 Å². The highest BCUT2D eigenvalue weighted by Gasteiger charge is 2.24. The van der Waals surface area contributed by atoms with Crippen LogP contribution < -0.4 is 10.6 Å². The quantitative estimate of drug-likeness (QED) is 0.664. The molecule has 0 spiro atoms. The molecule has 1 aromatic rings. The Kier molecular flexibility index (Phi) is 9.29. The van der Waals surface area contributed by atoms with Crippen LogP contribution in [0, 0.1) is 5.92 Å². The van der Waals surface area contributed by atoms with Gasteiger partial charge in [-0.25, -0.2) is 0 Å². The molecule has 4 nitrogen and oxygen atoms in total. The van der Waals surface area contributed by atoms with Crippen molar-refractivity contribution in [3.05, 3.63) is 29.8 Å². The number of nitrogens with zero attached hydrogens (tertiary/aromatic N) is 1. The van der Waals surface area contributed by atoms with Crippen molar-refractivity contribution in [2.75, 3.05) is 26.2 Å². The van der Waals surface area contributed by atoms with Gasteiger partial charge in [0.15, 0.2) is 0 Å². The number of benzene rings is 1. The number of thioether (sulfide) groups is 1. The Bertz CT molecular complexity index is 585. The predicted octanol–water partition coefficient (Wildman–Crippen LogP) is 3.50. The van der Waals surface area contributed by atoms with E-state index < -0.39 is 5.76 Å². The van der Waals surface area contributed by atoms with E-state index in [1.165, 1.54) is 0 Å². The van der Waals surface area contributed by atoms with Gasteiger partial charge in [-0.2, -0.15) is 8.78 Å². The highest BCUT2D eigenvalue weighted by Crippen LogP contribution is 2.26. The first kappa shape index (κ1) is 22.4. The van der Waals surface area contributed by atoms with Gasteiger partial charge in [-0.05, 0) is 62.4 Å². The largest absolute Gasteiger partial charge is 0.354 e. The molecule has 27 heavy (non-hydrogen) atoms.